The second-order valence-electron chi connectivity index (χ2n) is 8.64. The molecule has 1 unspecified atom stereocenters. The topological polar surface area (TPSA) is 95.6 Å². The first-order valence-electron chi connectivity index (χ1n) is 9.76. The van der Waals surface area contributed by atoms with Crippen LogP contribution >= 0.6 is 0 Å². The zero-order chi connectivity index (χ0) is 20.1. The maximum atomic E-state index is 5.51. The van der Waals surface area contributed by atoms with E-state index in [1.54, 1.807) is 13.3 Å². The average molecular weight is 384 g/mol. The van der Waals surface area contributed by atoms with Crippen LogP contribution in [0.4, 0.5) is 5.95 Å². The lowest BCUT2D eigenvalue weighted by atomic mass is 10.1. The highest BCUT2D eigenvalue weighted by Crippen LogP contribution is 2.28. The number of anilines is 1. The molecule has 28 heavy (non-hydrogen) atoms. The number of ether oxygens (including phenoxy) is 1. The van der Waals surface area contributed by atoms with Gasteiger partial charge in [-0.05, 0) is 27.2 Å². The van der Waals surface area contributed by atoms with Crippen LogP contribution in [0.2, 0.25) is 0 Å². The van der Waals surface area contributed by atoms with Crippen molar-refractivity contribution < 1.29 is 4.74 Å². The van der Waals surface area contributed by atoms with Crippen molar-refractivity contribution in [1.29, 1.82) is 0 Å². The predicted octanol–water partition coefficient (Wildman–Crippen LogP) is 2.73. The summed E-state index contributed by atoms with van der Waals surface area (Å²) in [6.45, 7) is 11.4. The Morgan fingerprint density at radius 3 is 2.68 bits per heavy atom. The van der Waals surface area contributed by atoms with Gasteiger partial charge in [-0.15, -0.1) is 10.2 Å². The van der Waals surface area contributed by atoms with Crippen molar-refractivity contribution in [3.8, 4) is 5.88 Å². The lowest BCUT2D eigenvalue weighted by Gasteiger charge is -2.26. The molecule has 1 N–H and O–H groups in total. The van der Waals surface area contributed by atoms with Gasteiger partial charge in [-0.3, -0.25) is 0 Å². The summed E-state index contributed by atoms with van der Waals surface area (Å²) < 4.78 is 9.64. The molecule has 4 heterocycles. The van der Waals surface area contributed by atoms with Crippen molar-refractivity contribution in [1.82, 2.24) is 34.5 Å². The molecular weight excluding hydrogens is 356 g/mol. The largest absolute Gasteiger partial charge is 0.480 e. The van der Waals surface area contributed by atoms with Gasteiger partial charge in [-0.1, -0.05) is 13.8 Å². The van der Waals surface area contributed by atoms with Gasteiger partial charge >= 0.3 is 0 Å². The molecule has 0 amide bonds. The maximum Gasteiger partial charge on any atom is 0.229 e. The highest BCUT2D eigenvalue weighted by molar-refractivity contribution is 5.81. The first kappa shape index (κ1) is 18.6. The third-order valence-corrected chi connectivity index (χ3v) is 5.05. The van der Waals surface area contributed by atoms with Gasteiger partial charge < -0.3 is 14.6 Å². The first-order chi connectivity index (χ1) is 13.3. The molecule has 0 bridgehead atoms. The van der Waals surface area contributed by atoms with E-state index in [9.17, 15) is 0 Å². The Labute approximate surface area is 164 Å². The van der Waals surface area contributed by atoms with Gasteiger partial charge in [0.1, 0.15) is 17.0 Å². The van der Waals surface area contributed by atoms with Gasteiger partial charge in [0, 0.05) is 24.9 Å². The molecule has 0 spiro atoms. The van der Waals surface area contributed by atoms with Gasteiger partial charge in [0.25, 0.3) is 0 Å². The molecule has 3 aromatic heterocycles. The van der Waals surface area contributed by atoms with Gasteiger partial charge in [0.05, 0.1) is 18.8 Å². The Kier molecular flexibility index (Phi) is 4.47. The van der Waals surface area contributed by atoms with E-state index in [4.69, 9.17) is 9.72 Å². The lowest BCUT2D eigenvalue weighted by Crippen LogP contribution is -2.33. The third-order valence-electron chi connectivity index (χ3n) is 5.05. The Hall–Kier alpha value is -2.71. The number of fused-ring (bicyclic) bond motifs is 2. The molecule has 4 rings (SSSR count). The molecule has 0 saturated heterocycles. The number of aromatic nitrogens is 7. The highest BCUT2D eigenvalue weighted by Gasteiger charge is 2.26. The van der Waals surface area contributed by atoms with Crippen LogP contribution in [0.15, 0.2) is 6.20 Å². The van der Waals surface area contributed by atoms with Gasteiger partial charge in [0.15, 0.2) is 5.65 Å². The number of nitrogens with one attached hydrogen (secondary N) is 1. The molecule has 0 aromatic carbocycles. The average Bonchev–Trinajstić information content (AvgIpc) is 3.24. The van der Waals surface area contributed by atoms with Crippen molar-refractivity contribution in [2.24, 2.45) is 0 Å². The fraction of sp³-hybridized carbons (Fsp3) is 0.632. The fourth-order valence-corrected chi connectivity index (χ4v) is 3.67. The van der Waals surface area contributed by atoms with E-state index in [1.165, 1.54) is 0 Å². The SMILES string of the molecule is COc1nc(NC2CCc3nnc(C(C)C)n3C2)nc2c1cnn2C(C)(C)C. The highest BCUT2D eigenvalue weighted by atomic mass is 16.5. The Bertz CT molecular complexity index is 997. The van der Waals surface area contributed by atoms with Gasteiger partial charge in [-0.25, -0.2) is 4.68 Å². The number of rotatable bonds is 4. The molecule has 0 saturated carbocycles. The lowest BCUT2D eigenvalue weighted by molar-refractivity contribution is 0.365. The van der Waals surface area contributed by atoms with Crippen LogP contribution in [-0.4, -0.2) is 47.7 Å². The smallest absolute Gasteiger partial charge is 0.229 e. The summed E-state index contributed by atoms with van der Waals surface area (Å²) in [5.41, 5.74) is 0.581. The number of hydrogen-bond donors (Lipinski definition) is 1. The minimum atomic E-state index is -0.188. The van der Waals surface area contributed by atoms with E-state index in [2.05, 4.69) is 64.8 Å². The number of hydrogen-bond acceptors (Lipinski definition) is 7. The molecule has 1 atom stereocenters. The van der Waals surface area contributed by atoms with E-state index in [1.807, 2.05) is 4.68 Å². The second-order valence-corrected chi connectivity index (χ2v) is 8.64. The summed E-state index contributed by atoms with van der Waals surface area (Å²) in [5.74, 6) is 3.52. The number of methoxy groups -OCH3 is 1. The van der Waals surface area contributed by atoms with Crippen LogP contribution in [0.3, 0.4) is 0 Å². The van der Waals surface area contributed by atoms with Gasteiger partial charge in [-0.2, -0.15) is 15.1 Å². The second kappa shape index (κ2) is 6.72. The normalized spacial score (nSPS) is 17.2. The Morgan fingerprint density at radius 1 is 1.21 bits per heavy atom. The predicted molar refractivity (Wildman–Crippen MR) is 107 cm³/mol. The molecule has 3 aromatic rings. The van der Waals surface area contributed by atoms with Gasteiger partial charge in [0.2, 0.25) is 11.8 Å². The zero-order valence-electron chi connectivity index (χ0n) is 17.4. The Morgan fingerprint density at radius 2 is 2.00 bits per heavy atom. The molecule has 1 aliphatic heterocycles. The minimum Gasteiger partial charge on any atom is -0.480 e. The van der Waals surface area contributed by atoms with Crippen LogP contribution in [0.5, 0.6) is 5.88 Å². The maximum absolute atomic E-state index is 5.51. The van der Waals surface area contributed by atoms with E-state index in [-0.39, 0.29) is 11.6 Å². The summed E-state index contributed by atoms with van der Waals surface area (Å²) in [4.78, 5) is 9.33. The molecule has 0 fully saturated rings. The third kappa shape index (κ3) is 3.18. The number of aryl methyl sites for hydroxylation is 1. The Balaban J connectivity index is 1.65. The van der Waals surface area contributed by atoms with Crippen molar-refractivity contribution in [3.05, 3.63) is 17.8 Å². The molecular formula is C19H28N8O. The van der Waals surface area contributed by atoms with E-state index in [0.717, 1.165) is 42.1 Å². The van der Waals surface area contributed by atoms with Crippen LogP contribution in [0, 0.1) is 0 Å². The molecule has 150 valence electrons. The quantitative estimate of drug-likeness (QED) is 0.739. The summed E-state index contributed by atoms with van der Waals surface area (Å²) >= 11 is 0. The molecule has 0 aliphatic carbocycles. The van der Waals surface area contributed by atoms with Crippen LogP contribution in [0.1, 0.15) is 58.6 Å². The summed E-state index contributed by atoms with van der Waals surface area (Å²) in [7, 11) is 1.62. The molecule has 1 aliphatic rings. The van der Waals surface area contributed by atoms with Crippen LogP contribution in [-0.2, 0) is 18.5 Å². The minimum absolute atomic E-state index is 0.188. The van der Waals surface area contributed by atoms with Crippen molar-refractivity contribution in [3.63, 3.8) is 0 Å². The molecule has 9 nitrogen and oxygen atoms in total. The summed E-state index contributed by atoms with van der Waals surface area (Å²) in [5, 5.41) is 17.5. The monoisotopic (exact) mass is 384 g/mol. The van der Waals surface area contributed by atoms with E-state index >= 15 is 0 Å². The summed E-state index contributed by atoms with van der Waals surface area (Å²) in [6.07, 6.45) is 3.61. The summed E-state index contributed by atoms with van der Waals surface area (Å²) in [6, 6.07) is 0.203. The fourth-order valence-electron chi connectivity index (χ4n) is 3.67. The van der Waals surface area contributed by atoms with E-state index in [0.29, 0.717) is 17.7 Å². The van der Waals surface area contributed by atoms with Crippen molar-refractivity contribution in [2.45, 2.75) is 71.5 Å². The molecule has 9 heteroatoms. The van der Waals surface area contributed by atoms with Crippen LogP contribution < -0.4 is 10.1 Å². The van der Waals surface area contributed by atoms with Crippen molar-refractivity contribution >= 4 is 17.0 Å². The number of nitrogens with zero attached hydrogens (tertiary/aromatic N) is 7. The van der Waals surface area contributed by atoms with Crippen LogP contribution in [0.25, 0.3) is 11.0 Å². The first-order valence-corrected chi connectivity index (χ1v) is 9.76. The standard InChI is InChI=1S/C19H28N8O/c1-11(2)15-25-24-14-8-7-12(10-26(14)15)21-18-22-16-13(17(23-18)28-6)9-20-27(16)19(3,4)5/h9,11-12H,7-8,10H2,1-6H3,(H,21,22,23). The zero-order valence-corrected chi connectivity index (χ0v) is 17.4. The van der Waals surface area contributed by atoms with E-state index < -0.39 is 0 Å². The van der Waals surface area contributed by atoms with Crippen molar-refractivity contribution in [2.75, 3.05) is 12.4 Å². The molecule has 0 radical (unpaired) electrons.